The van der Waals surface area contributed by atoms with Crippen LogP contribution in [0.15, 0.2) is 113 Å². The summed E-state index contributed by atoms with van der Waals surface area (Å²) < 4.78 is 29.6. The third kappa shape index (κ3) is 8.97. The minimum Gasteiger partial charge on any atom is -0.352 e. The number of carbonyl (C=O) groups is 2. The van der Waals surface area contributed by atoms with Crippen LogP contribution in [-0.2, 0) is 32.6 Å². The lowest BCUT2D eigenvalue weighted by Gasteiger charge is -2.34. The molecule has 1 saturated carbocycles. The van der Waals surface area contributed by atoms with E-state index in [0.717, 1.165) is 51.6 Å². The van der Waals surface area contributed by atoms with Crippen LogP contribution in [0.4, 0.5) is 5.69 Å². The average Bonchev–Trinajstić information content (AvgIpc) is 3.60. The second-order valence-corrected chi connectivity index (χ2v) is 15.0. The van der Waals surface area contributed by atoms with Crippen molar-refractivity contribution in [2.75, 3.05) is 17.1 Å². The number of halogens is 1. The van der Waals surface area contributed by atoms with E-state index in [1.54, 1.807) is 48.5 Å². The number of rotatable bonds is 13. The summed E-state index contributed by atoms with van der Waals surface area (Å²) in [4.78, 5) is 31.3. The van der Waals surface area contributed by atoms with Crippen molar-refractivity contribution >= 4 is 50.9 Å². The lowest BCUT2D eigenvalue weighted by molar-refractivity contribution is -0.140. The molecule has 0 aromatic heterocycles. The standard InChI is InChI=1S/C37H40ClN3O4S2/c1-27-12-18-32(19-13-27)41(47(44,45)34-22-20-33(46-2)21-23-34)26-36(42)40(25-29-14-16-30(38)17-15-29)35(24-28-8-4-3-5-9-28)37(43)39-31-10-6-7-11-31/h3-5,8-9,12-23,31,35H,6-7,10-11,24-26H2,1-2H3,(H,39,43). The van der Waals surface area contributed by atoms with Gasteiger partial charge in [-0.25, -0.2) is 8.42 Å². The number of sulfonamides is 1. The highest BCUT2D eigenvalue weighted by Crippen LogP contribution is 2.27. The first-order valence-electron chi connectivity index (χ1n) is 15.8. The summed E-state index contributed by atoms with van der Waals surface area (Å²) in [5.41, 5.74) is 2.98. The van der Waals surface area contributed by atoms with Gasteiger partial charge in [0.1, 0.15) is 12.6 Å². The second-order valence-electron chi connectivity index (χ2n) is 11.9. The Bertz CT molecular complexity index is 1740. The molecule has 2 amide bonds. The molecule has 10 heteroatoms. The molecular weight excluding hydrogens is 650 g/mol. The van der Waals surface area contributed by atoms with Crippen molar-refractivity contribution in [3.8, 4) is 0 Å². The molecule has 1 aliphatic carbocycles. The zero-order valence-corrected chi connectivity index (χ0v) is 29.0. The third-order valence-corrected chi connectivity index (χ3v) is 11.3. The number of thioether (sulfide) groups is 1. The number of anilines is 1. The van der Waals surface area contributed by atoms with Crippen molar-refractivity contribution in [1.29, 1.82) is 0 Å². The number of hydrogen-bond donors (Lipinski definition) is 1. The van der Waals surface area contributed by atoms with E-state index in [0.29, 0.717) is 10.7 Å². The Hall–Kier alpha value is -3.79. The number of aryl methyl sites for hydroxylation is 1. The van der Waals surface area contributed by atoms with E-state index >= 15 is 0 Å². The molecule has 0 aliphatic heterocycles. The molecular formula is C37H40ClN3O4S2. The fraction of sp³-hybridized carbons (Fsp3) is 0.297. The summed E-state index contributed by atoms with van der Waals surface area (Å²) in [6, 6.07) is 29.5. The third-order valence-electron chi connectivity index (χ3n) is 8.49. The van der Waals surface area contributed by atoms with Gasteiger partial charge in [-0.3, -0.25) is 13.9 Å². The van der Waals surface area contributed by atoms with Crippen LogP contribution in [0.25, 0.3) is 0 Å². The maximum atomic E-state index is 14.6. The zero-order valence-electron chi connectivity index (χ0n) is 26.6. The SMILES string of the molecule is CSc1ccc(S(=O)(=O)N(CC(=O)N(Cc2ccc(Cl)cc2)C(Cc2ccccc2)C(=O)NC2CCCC2)c2ccc(C)cc2)cc1. The smallest absolute Gasteiger partial charge is 0.264 e. The van der Waals surface area contributed by atoms with Crippen LogP contribution < -0.4 is 9.62 Å². The Kier molecular flexibility index (Phi) is 11.7. The van der Waals surface area contributed by atoms with Crippen LogP contribution in [0.1, 0.15) is 42.4 Å². The van der Waals surface area contributed by atoms with Crippen molar-refractivity contribution in [3.63, 3.8) is 0 Å². The van der Waals surface area contributed by atoms with E-state index < -0.39 is 28.5 Å². The highest BCUT2D eigenvalue weighted by Gasteiger charge is 2.35. The highest BCUT2D eigenvalue weighted by molar-refractivity contribution is 7.98. The maximum Gasteiger partial charge on any atom is 0.264 e. The highest BCUT2D eigenvalue weighted by atomic mass is 35.5. The van der Waals surface area contributed by atoms with E-state index in [-0.39, 0.29) is 29.8 Å². The number of nitrogens with zero attached hydrogens (tertiary/aromatic N) is 2. The van der Waals surface area contributed by atoms with Crippen molar-refractivity contribution in [2.45, 2.75) is 67.4 Å². The lowest BCUT2D eigenvalue weighted by Crippen LogP contribution is -2.54. The maximum absolute atomic E-state index is 14.6. The van der Waals surface area contributed by atoms with E-state index in [1.165, 1.54) is 16.7 Å². The second kappa shape index (κ2) is 15.9. The van der Waals surface area contributed by atoms with E-state index in [1.807, 2.05) is 67.8 Å². The summed E-state index contributed by atoms with van der Waals surface area (Å²) in [7, 11) is -4.16. The van der Waals surface area contributed by atoms with Gasteiger partial charge in [-0.15, -0.1) is 11.8 Å². The Balaban J connectivity index is 1.55. The number of carbonyl (C=O) groups excluding carboxylic acids is 2. The normalized spacial score (nSPS) is 14.0. The van der Waals surface area contributed by atoms with Gasteiger partial charge in [-0.2, -0.15) is 0 Å². The molecule has 0 radical (unpaired) electrons. The predicted molar refractivity (Wildman–Crippen MR) is 190 cm³/mol. The number of hydrogen-bond acceptors (Lipinski definition) is 5. The van der Waals surface area contributed by atoms with Gasteiger partial charge in [-0.05, 0) is 85.7 Å². The first-order chi connectivity index (χ1) is 22.6. The van der Waals surface area contributed by atoms with Gasteiger partial charge in [0.25, 0.3) is 10.0 Å². The Morgan fingerprint density at radius 2 is 1.51 bits per heavy atom. The molecule has 4 aromatic rings. The first kappa shape index (κ1) is 34.5. The number of nitrogens with one attached hydrogen (secondary N) is 1. The van der Waals surface area contributed by atoms with Gasteiger partial charge in [-0.1, -0.05) is 84.6 Å². The van der Waals surface area contributed by atoms with Crippen LogP contribution in [-0.4, -0.2) is 50.0 Å². The van der Waals surface area contributed by atoms with Crippen molar-refractivity contribution < 1.29 is 18.0 Å². The van der Waals surface area contributed by atoms with Gasteiger partial charge < -0.3 is 10.2 Å². The molecule has 1 fully saturated rings. The summed E-state index contributed by atoms with van der Waals surface area (Å²) in [6.45, 7) is 1.51. The fourth-order valence-corrected chi connectivity index (χ4v) is 7.77. The van der Waals surface area contributed by atoms with Gasteiger partial charge >= 0.3 is 0 Å². The molecule has 1 unspecified atom stereocenters. The topological polar surface area (TPSA) is 86.8 Å². The monoisotopic (exact) mass is 689 g/mol. The molecule has 5 rings (SSSR count). The molecule has 4 aromatic carbocycles. The molecule has 1 atom stereocenters. The minimum atomic E-state index is -4.16. The van der Waals surface area contributed by atoms with Gasteiger partial charge in [0.2, 0.25) is 11.8 Å². The minimum absolute atomic E-state index is 0.0435. The van der Waals surface area contributed by atoms with Gasteiger partial charge in [0, 0.05) is 28.9 Å². The van der Waals surface area contributed by atoms with Crippen molar-refractivity contribution in [2.24, 2.45) is 0 Å². The molecule has 1 aliphatic rings. The average molecular weight is 690 g/mol. The Morgan fingerprint density at radius 1 is 0.872 bits per heavy atom. The molecule has 0 bridgehead atoms. The van der Waals surface area contributed by atoms with Crippen LogP contribution in [0.2, 0.25) is 5.02 Å². The van der Waals surface area contributed by atoms with E-state index in [2.05, 4.69) is 5.32 Å². The molecule has 47 heavy (non-hydrogen) atoms. The number of amides is 2. The Labute approximate surface area is 287 Å². The van der Waals surface area contributed by atoms with Crippen molar-refractivity contribution in [3.05, 3.63) is 125 Å². The molecule has 0 saturated heterocycles. The lowest BCUT2D eigenvalue weighted by atomic mass is 10.0. The first-order valence-corrected chi connectivity index (χ1v) is 18.8. The van der Waals surface area contributed by atoms with Crippen LogP contribution in [0.3, 0.4) is 0 Å². The summed E-state index contributed by atoms with van der Waals surface area (Å²) in [5.74, 6) is -0.743. The molecule has 0 spiro atoms. The quantitative estimate of drug-likeness (QED) is 0.149. The van der Waals surface area contributed by atoms with Crippen LogP contribution in [0, 0.1) is 6.92 Å². The summed E-state index contributed by atoms with van der Waals surface area (Å²) in [5, 5.41) is 3.75. The van der Waals surface area contributed by atoms with E-state index in [4.69, 9.17) is 11.6 Å². The van der Waals surface area contributed by atoms with Gasteiger partial charge in [0.05, 0.1) is 10.6 Å². The predicted octanol–water partition coefficient (Wildman–Crippen LogP) is 7.26. The molecule has 1 N–H and O–H groups in total. The summed E-state index contributed by atoms with van der Waals surface area (Å²) >= 11 is 7.70. The van der Waals surface area contributed by atoms with Crippen molar-refractivity contribution in [1.82, 2.24) is 10.2 Å². The molecule has 246 valence electrons. The molecule has 0 heterocycles. The van der Waals surface area contributed by atoms with Gasteiger partial charge in [0.15, 0.2) is 0 Å². The molecule has 7 nitrogen and oxygen atoms in total. The largest absolute Gasteiger partial charge is 0.352 e. The van der Waals surface area contributed by atoms with Crippen LogP contribution >= 0.6 is 23.4 Å². The fourth-order valence-electron chi connectivity index (χ4n) is 5.82. The number of benzene rings is 4. The summed E-state index contributed by atoms with van der Waals surface area (Å²) in [6.07, 6.45) is 6.07. The zero-order chi connectivity index (χ0) is 33.4. The van der Waals surface area contributed by atoms with E-state index in [9.17, 15) is 18.0 Å². The Morgan fingerprint density at radius 3 is 2.13 bits per heavy atom. The van der Waals surface area contributed by atoms with Crippen LogP contribution in [0.5, 0.6) is 0 Å².